The van der Waals surface area contributed by atoms with Crippen LogP contribution in [0, 0.1) is 10.1 Å². The number of hydrogen-bond acceptors (Lipinski definition) is 3. The van der Waals surface area contributed by atoms with Crippen LogP contribution in [0.1, 0.15) is 0 Å². The molecule has 3 radical (unpaired) electrons. The van der Waals surface area contributed by atoms with Gasteiger partial charge in [0, 0.05) is 0 Å². The van der Waals surface area contributed by atoms with E-state index >= 15 is 0 Å². The molecule has 0 heterocycles. The Bertz CT molecular complexity index is 17.1. The Morgan fingerprint density at radius 2 is 1.60 bits per heavy atom. The molecule has 5 heteroatoms. The van der Waals surface area contributed by atoms with Crippen molar-refractivity contribution in [1.29, 1.82) is 0 Å². The zero-order valence-electron chi connectivity index (χ0n) is 2.09. The van der Waals surface area contributed by atoms with E-state index in [1.807, 2.05) is 0 Å². The van der Waals surface area contributed by atoms with E-state index in [1.54, 1.807) is 0 Å². The van der Waals surface area contributed by atoms with Crippen molar-refractivity contribution in [3.05, 3.63) is 10.1 Å². The van der Waals surface area contributed by atoms with Gasteiger partial charge >= 0.3 is 9.90 Å². The molecule has 0 spiro atoms. The highest BCUT2D eigenvalue weighted by Crippen LogP contribution is 1.34. The molecule has 0 atom stereocenters. The standard InChI is InChI=1S/ClH.HNO2.P/c;2-1-3;/h1H;(H,2,3);/q;;+2/p-2. The van der Waals surface area contributed by atoms with Gasteiger partial charge in [0.25, 0.3) is 0 Å². The molecule has 0 aliphatic rings. The second kappa shape index (κ2) is 36.4. The lowest BCUT2D eigenvalue weighted by Gasteiger charge is -1.51. The van der Waals surface area contributed by atoms with Gasteiger partial charge in [-0.2, -0.15) is 0 Å². The largest absolute Gasteiger partial charge is 2.00 e. The molecule has 0 bridgehead atoms. The molecule has 0 aromatic carbocycles. The molecule has 0 saturated heterocycles. The lowest BCUT2D eigenvalue weighted by molar-refractivity contribution is -0.000000861. The van der Waals surface area contributed by atoms with E-state index < -0.39 is 0 Å². The van der Waals surface area contributed by atoms with Crippen LogP contribution >= 0.6 is 9.90 Å². The normalized spacial score (nSPS) is 2.40. The van der Waals surface area contributed by atoms with Crippen molar-refractivity contribution in [3.8, 4) is 0 Å². The van der Waals surface area contributed by atoms with Crippen molar-refractivity contribution in [2.24, 2.45) is 5.34 Å². The van der Waals surface area contributed by atoms with E-state index in [4.69, 9.17) is 10.1 Å². The number of halogens is 1. The zero-order valence-corrected chi connectivity index (χ0v) is 3.74. The van der Waals surface area contributed by atoms with E-state index in [9.17, 15) is 0 Å². The summed E-state index contributed by atoms with van der Waals surface area (Å²) in [5.41, 5.74) is 0. The number of rotatable bonds is 0. The van der Waals surface area contributed by atoms with E-state index in [0.29, 0.717) is 0 Å². The third kappa shape index (κ3) is 158000. The summed E-state index contributed by atoms with van der Waals surface area (Å²) in [7, 11) is 0. The topological polar surface area (TPSA) is 52.5 Å². The van der Waals surface area contributed by atoms with Crippen LogP contribution in [0.25, 0.3) is 0 Å². The molecular weight excluding hydrogens is 112 g/mol. The quantitative estimate of drug-likeness (QED) is 0.209. The van der Waals surface area contributed by atoms with Crippen LogP contribution in [0.15, 0.2) is 5.34 Å². The maximum absolute atomic E-state index is 8.00. The number of hydrogen-bond donors (Lipinski definition) is 0. The molecule has 0 amide bonds. The van der Waals surface area contributed by atoms with Crippen molar-refractivity contribution < 1.29 is 12.4 Å². The summed E-state index contributed by atoms with van der Waals surface area (Å²) in [5, 5.41) is 9.00. The molecule has 29 valence electrons. The molecule has 0 rings (SSSR count). The minimum atomic E-state index is 0. The molecule has 5 heavy (non-hydrogen) atoms. The second-order valence-corrected chi connectivity index (χ2v) is 0.0745. The minimum absolute atomic E-state index is 0. The Morgan fingerprint density at radius 3 is 1.60 bits per heavy atom. The zero-order chi connectivity index (χ0) is 2.71. The predicted octanol–water partition coefficient (Wildman–Crippen LogP) is -1.88. The van der Waals surface area contributed by atoms with Crippen LogP contribution in [-0.4, -0.2) is 0 Å². The number of nitrogens with zero attached hydrogens (tertiary/aromatic N) is 1. The maximum atomic E-state index is 8.00. The SMILES string of the molecule is O=N[O-].[Cl-].[P+2]. The molecule has 0 N–H and O–H groups in total. The first-order valence-electron chi connectivity index (χ1n) is 0.365. The highest BCUT2D eigenvalue weighted by Gasteiger charge is 2.00. The molecule has 3 nitrogen and oxygen atoms in total. The van der Waals surface area contributed by atoms with E-state index in [2.05, 4.69) is 0 Å². The van der Waals surface area contributed by atoms with Crippen LogP contribution in [0.5, 0.6) is 0 Å². The van der Waals surface area contributed by atoms with Crippen LogP contribution in [0.3, 0.4) is 0 Å². The Balaban J connectivity index is -0.0000000200. The highest BCUT2D eigenvalue weighted by molar-refractivity contribution is 6.92. The van der Waals surface area contributed by atoms with Gasteiger partial charge in [0.05, 0.1) is 0 Å². The van der Waals surface area contributed by atoms with Gasteiger partial charge in [-0.1, -0.05) is 0 Å². The molecule has 0 saturated carbocycles. The third-order valence-corrected chi connectivity index (χ3v) is 0. The summed E-state index contributed by atoms with van der Waals surface area (Å²) in [6, 6.07) is 0. The Kier molecular flexibility index (Phi) is 146. The lowest BCUT2D eigenvalue weighted by Crippen LogP contribution is -3.00. The summed E-state index contributed by atoms with van der Waals surface area (Å²) >= 11 is 0. The second-order valence-electron chi connectivity index (χ2n) is 0.0745. The molecule has 0 aromatic heterocycles. The van der Waals surface area contributed by atoms with Crippen molar-refractivity contribution in [3.63, 3.8) is 0 Å². The first kappa shape index (κ1) is 20.1. The van der Waals surface area contributed by atoms with Gasteiger partial charge in [0.2, 0.25) is 0 Å². The van der Waals surface area contributed by atoms with Gasteiger partial charge in [0.1, 0.15) is 0 Å². The molecule has 0 fully saturated rings. The summed E-state index contributed by atoms with van der Waals surface area (Å²) in [4.78, 5) is 8.00. The summed E-state index contributed by atoms with van der Waals surface area (Å²) < 4.78 is 0. The van der Waals surface area contributed by atoms with Crippen LogP contribution in [0.2, 0.25) is 0 Å². The average Bonchev–Trinajstić information content (AvgIpc) is 0.918. The minimum Gasteiger partial charge on any atom is -1.00 e. The molecule has 0 aromatic rings. The third-order valence-electron chi connectivity index (χ3n) is 0. The lowest BCUT2D eigenvalue weighted by atomic mass is 13.4. The van der Waals surface area contributed by atoms with Gasteiger partial charge in [-0.3, -0.25) is 0 Å². The fourth-order valence-electron chi connectivity index (χ4n) is 0. The summed E-state index contributed by atoms with van der Waals surface area (Å²) in [6.45, 7) is 0. The summed E-state index contributed by atoms with van der Waals surface area (Å²) in [5.74, 6) is 0. The Hall–Kier alpha value is -0.0100. The monoisotopic (exact) mass is 112 g/mol. The van der Waals surface area contributed by atoms with Crippen molar-refractivity contribution in [1.82, 2.24) is 0 Å². The summed E-state index contributed by atoms with van der Waals surface area (Å²) in [6.07, 6.45) is 0. The molecule has 0 unspecified atom stereocenters. The smallest absolute Gasteiger partial charge is 1.00 e. The van der Waals surface area contributed by atoms with Gasteiger partial charge in [-0.15, -0.1) is 5.34 Å². The Morgan fingerprint density at radius 1 is 1.60 bits per heavy atom. The van der Waals surface area contributed by atoms with Crippen LogP contribution < -0.4 is 12.4 Å². The van der Waals surface area contributed by atoms with Crippen molar-refractivity contribution in [2.45, 2.75) is 0 Å². The highest BCUT2D eigenvalue weighted by atomic mass is 35.5. The fourth-order valence-corrected chi connectivity index (χ4v) is 0. The maximum Gasteiger partial charge on any atom is 2.00 e. The van der Waals surface area contributed by atoms with Gasteiger partial charge in [0.15, 0.2) is 0 Å². The molecule has 0 aliphatic carbocycles. The average molecular weight is 112 g/mol. The van der Waals surface area contributed by atoms with Gasteiger partial charge in [-0.05, 0) is 0 Å². The fraction of sp³-hybridized carbons (Fsp3) is 0. The Labute approximate surface area is 38.7 Å². The molecular formula is ClNO2P. The van der Waals surface area contributed by atoms with Crippen LogP contribution in [-0.2, 0) is 0 Å². The van der Waals surface area contributed by atoms with Gasteiger partial charge < -0.3 is 22.5 Å². The predicted molar refractivity (Wildman–Crippen MR) is 16.1 cm³/mol. The van der Waals surface area contributed by atoms with Crippen molar-refractivity contribution >= 4 is 9.90 Å². The van der Waals surface area contributed by atoms with Crippen LogP contribution in [0.4, 0.5) is 0 Å². The van der Waals surface area contributed by atoms with Crippen molar-refractivity contribution in [2.75, 3.05) is 0 Å². The van der Waals surface area contributed by atoms with E-state index in [0.717, 1.165) is 5.34 Å². The first-order valence-corrected chi connectivity index (χ1v) is 0.365. The van der Waals surface area contributed by atoms with Gasteiger partial charge in [-0.25, -0.2) is 0 Å². The van der Waals surface area contributed by atoms with E-state index in [-0.39, 0.29) is 22.3 Å². The first-order chi connectivity index (χ1) is 1.41. The van der Waals surface area contributed by atoms with E-state index in [1.165, 1.54) is 0 Å². The molecule has 0 aliphatic heterocycles.